The van der Waals surface area contributed by atoms with Crippen molar-refractivity contribution >= 4 is 35.3 Å². The van der Waals surface area contributed by atoms with E-state index in [4.69, 9.17) is 21.8 Å². The van der Waals surface area contributed by atoms with Gasteiger partial charge in [0.1, 0.15) is 5.76 Å². The highest BCUT2D eigenvalue weighted by Gasteiger charge is 2.34. The Morgan fingerprint density at radius 1 is 1.22 bits per heavy atom. The first-order chi connectivity index (χ1) is 12.8. The van der Waals surface area contributed by atoms with E-state index in [1.807, 2.05) is 44.2 Å². The van der Waals surface area contributed by atoms with E-state index in [0.717, 1.165) is 22.6 Å². The summed E-state index contributed by atoms with van der Waals surface area (Å²) in [5.74, 6) is 0.453. The first kappa shape index (κ1) is 17.3. The Bertz CT molecular complexity index is 1090. The van der Waals surface area contributed by atoms with Crippen molar-refractivity contribution in [3.8, 4) is 5.69 Å². The lowest BCUT2D eigenvalue weighted by Crippen LogP contribution is -2.38. The molecular weight excluding hydrogens is 364 g/mol. The number of aliphatic imine (C=N–C) groups is 1. The molecule has 1 aromatic carbocycles. The number of aryl methyl sites for hydroxylation is 1. The second-order valence-corrected chi connectivity index (χ2v) is 6.90. The Labute approximate surface area is 161 Å². The van der Waals surface area contributed by atoms with Gasteiger partial charge < -0.3 is 9.40 Å². The third kappa shape index (κ3) is 2.88. The van der Waals surface area contributed by atoms with Crippen LogP contribution in [0.3, 0.4) is 0 Å². The monoisotopic (exact) mass is 380 g/mol. The van der Waals surface area contributed by atoms with E-state index in [1.54, 1.807) is 19.1 Å². The molecule has 0 fully saturated rings. The highest BCUT2D eigenvalue weighted by atomic mass is 35.5. The van der Waals surface area contributed by atoms with E-state index in [0.29, 0.717) is 16.6 Å². The molecule has 0 saturated heterocycles. The minimum atomic E-state index is -0.451. The number of aromatic nitrogens is 1. The average Bonchev–Trinajstić information content (AvgIpc) is 3.10. The number of hydroxylamine groups is 2. The van der Waals surface area contributed by atoms with Crippen LogP contribution in [-0.4, -0.2) is 27.2 Å². The molecule has 1 amide bonds. The summed E-state index contributed by atoms with van der Waals surface area (Å²) in [6.45, 7) is 5.70. The van der Waals surface area contributed by atoms with Gasteiger partial charge in [-0.2, -0.15) is 4.99 Å². The summed E-state index contributed by atoms with van der Waals surface area (Å²) in [6, 6.07) is 9.55. The molecule has 2 aliphatic heterocycles. The lowest BCUT2D eigenvalue weighted by molar-refractivity contribution is -0.114. The molecular formula is C20H17ClN4O2. The van der Waals surface area contributed by atoms with E-state index in [2.05, 4.69) is 9.56 Å². The van der Waals surface area contributed by atoms with Crippen LogP contribution in [0.15, 0.2) is 52.7 Å². The number of amidine groups is 2. The molecule has 0 bridgehead atoms. The SMILES string of the molecule is CC1=CC2=NC(=O)/C(=C\c3cc(C)n(-c4cccc(Cl)c4)c3C)C(=N)N2O1. The first-order valence-corrected chi connectivity index (χ1v) is 8.78. The second-order valence-electron chi connectivity index (χ2n) is 6.46. The van der Waals surface area contributed by atoms with Crippen molar-refractivity contribution < 1.29 is 9.63 Å². The van der Waals surface area contributed by atoms with E-state index >= 15 is 0 Å². The van der Waals surface area contributed by atoms with Crippen molar-refractivity contribution in [3.63, 3.8) is 0 Å². The summed E-state index contributed by atoms with van der Waals surface area (Å²) in [4.78, 5) is 21.9. The topological polar surface area (TPSA) is 70.7 Å². The van der Waals surface area contributed by atoms with Gasteiger partial charge in [-0.3, -0.25) is 10.2 Å². The second kappa shape index (κ2) is 6.25. The number of fused-ring (bicyclic) bond motifs is 1. The van der Waals surface area contributed by atoms with Crippen molar-refractivity contribution in [2.45, 2.75) is 20.8 Å². The Morgan fingerprint density at radius 3 is 2.74 bits per heavy atom. The molecule has 0 saturated carbocycles. The quantitative estimate of drug-likeness (QED) is 0.794. The molecule has 0 atom stereocenters. The molecule has 0 radical (unpaired) electrons. The summed E-state index contributed by atoms with van der Waals surface area (Å²) < 4.78 is 2.06. The van der Waals surface area contributed by atoms with Crippen molar-refractivity contribution in [3.05, 3.63) is 69.7 Å². The zero-order chi connectivity index (χ0) is 19.3. The van der Waals surface area contributed by atoms with Crippen LogP contribution in [0.1, 0.15) is 23.9 Å². The van der Waals surface area contributed by atoms with E-state index in [9.17, 15) is 4.79 Å². The molecule has 6 nitrogen and oxygen atoms in total. The minimum Gasteiger partial charge on any atom is -0.376 e. The first-order valence-electron chi connectivity index (χ1n) is 8.40. The normalized spacial score (nSPS) is 17.8. The van der Waals surface area contributed by atoms with E-state index in [1.165, 1.54) is 5.06 Å². The van der Waals surface area contributed by atoms with Crippen molar-refractivity contribution in [1.82, 2.24) is 9.63 Å². The van der Waals surface area contributed by atoms with Crippen LogP contribution in [-0.2, 0) is 9.63 Å². The third-order valence-electron chi connectivity index (χ3n) is 4.52. The van der Waals surface area contributed by atoms with Crippen LogP contribution >= 0.6 is 11.6 Å². The van der Waals surface area contributed by atoms with Gasteiger partial charge in [-0.1, -0.05) is 17.7 Å². The molecule has 0 unspecified atom stereocenters. The van der Waals surface area contributed by atoms with Crippen LogP contribution in [0.5, 0.6) is 0 Å². The van der Waals surface area contributed by atoms with Crippen LogP contribution in [0, 0.1) is 19.3 Å². The highest BCUT2D eigenvalue weighted by molar-refractivity contribution is 6.32. The lowest BCUT2D eigenvalue weighted by Gasteiger charge is -2.22. The van der Waals surface area contributed by atoms with Gasteiger partial charge in [0, 0.05) is 28.2 Å². The minimum absolute atomic E-state index is 0.0225. The Kier molecular flexibility index (Phi) is 4.00. The Hall–Kier alpha value is -3.12. The van der Waals surface area contributed by atoms with Crippen molar-refractivity contribution in [1.29, 1.82) is 5.41 Å². The van der Waals surface area contributed by atoms with Crippen LogP contribution in [0.4, 0.5) is 0 Å². The number of rotatable bonds is 2. The summed E-state index contributed by atoms with van der Waals surface area (Å²) >= 11 is 6.13. The predicted octanol–water partition coefficient (Wildman–Crippen LogP) is 4.20. The summed E-state index contributed by atoms with van der Waals surface area (Å²) in [6.07, 6.45) is 3.32. The number of carbonyl (C=O) groups is 1. The molecule has 1 N–H and O–H groups in total. The summed E-state index contributed by atoms with van der Waals surface area (Å²) in [7, 11) is 0. The number of allylic oxidation sites excluding steroid dienone is 1. The molecule has 3 heterocycles. The maximum absolute atomic E-state index is 12.4. The van der Waals surface area contributed by atoms with Gasteiger partial charge in [0.25, 0.3) is 5.91 Å². The number of nitrogens with zero attached hydrogens (tertiary/aromatic N) is 3. The standard InChI is InChI=1S/C20H17ClN4O2/c1-11-7-14(13(3)24(11)16-6-4-5-15(21)10-16)9-17-19(22)25-18(23-20(17)26)8-12(2)27-25/h4-10,22H,1-3H3/b17-9-,22-19?. The Morgan fingerprint density at radius 2 is 2.00 bits per heavy atom. The molecule has 2 aromatic rings. The number of hydrogen-bond acceptors (Lipinski definition) is 3. The largest absolute Gasteiger partial charge is 0.376 e. The van der Waals surface area contributed by atoms with Crippen LogP contribution in [0.25, 0.3) is 11.8 Å². The lowest BCUT2D eigenvalue weighted by atomic mass is 10.1. The molecule has 136 valence electrons. The predicted molar refractivity (Wildman–Crippen MR) is 105 cm³/mol. The fourth-order valence-corrected chi connectivity index (χ4v) is 3.49. The zero-order valence-corrected chi connectivity index (χ0v) is 15.8. The molecule has 0 spiro atoms. The number of amides is 1. The van der Waals surface area contributed by atoms with E-state index in [-0.39, 0.29) is 11.4 Å². The fourth-order valence-electron chi connectivity index (χ4n) is 3.30. The van der Waals surface area contributed by atoms with Gasteiger partial charge in [-0.15, -0.1) is 5.06 Å². The zero-order valence-electron chi connectivity index (χ0n) is 15.1. The van der Waals surface area contributed by atoms with Gasteiger partial charge >= 0.3 is 0 Å². The third-order valence-corrected chi connectivity index (χ3v) is 4.75. The number of carbonyl (C=O) groups excluding carboxylic acids is 1. The van der Waals surface area contributed by atoms with Gasteiger partial charge in [-0.25, -0.2) is 0 Å². The van der Waals surface area contributed by atoms with Gasteiger partial charge in [0.05, 0.1) is 5.57 Å². The Balaban J connectivity index is 1.77. The van der Waals surface area contributed by atoms with Gasteiger partial charge in [-0.05, 0) is 56.7 Å². The molecule has 1 aromatic heterocycles. The molecule has 27 heavy (non-hydrogen) atoms. The molecule has 4 rings (SSSR count). The summed E-state index contributed by atoms with van der Waals surface area (Å²) in [5, 5.41) is 10.3. The van der Waals surface area contributed by atoms with Crippen molar-refractivity contribution in [2.24, 2.45) is 4.99 Å². The molecule has 2 aliphatic rings. The molecule has 0 aliphatic carbocycles. The van der Waals surface area contributed by atoms with Crippen LogP contribution in [0.2, 0.25) is 5.02 Å². The number of nitrogens with one attached hydrogen (secondary N) is 1. The number of hydrogen-bond donors (Lipinski definition) is 1. The highest BCUT2D eigenvalue weighted by Crippen LogP contribution is 2.27. The summed E-state index contributed by atoms with van der Waals surface area (Å²) in [5.41, 5.74) is 3.90. The maximum atomic E-state index is 12.4. The average molecular weight is 381 g/mol. The fraction of sp³-hybridized carbons (Fsp3) is 0.150. The number of halogens is 1. The van der Waals surface area contributed by atoms with Crippen LogP contribution < -0.4 is 0 Å². The smallest absolute Gasteiger partial charge is 0.282 e. The van der Waals surface area contributed by atoms with Crippen molar-refractivity contribution in [2.75, 3.05) is 0 Å². The van der Waals surface area contributed by atoms with E-state index < -0.39 is 5.91 Å². The maximum Gasteiger partial charge on any atom is 0.282 e. The molecule has 7 heteroatoms. The van der Waals surface area contributed by atoms with Gasteiger partial charge in [0.2, 0.25) is 0 Å². The number of benzene rings is 1. The van der Waals surface area contributed by atoms with Gasteiger partial charge in [0.15, 0.2) is 11.7 Å².